The second kappa shape index (κ2) is 5.61. The van der Waals surface area contributed by atoms with Crippen LogP contribution >= 0.6 is 11.3 Å². The molecule has 0 radical (unpaired) electrons. The third kappa shape index (κ3) is 2.61. The highest BCUT2D eigenvalue weighted by molar-refractivity contribution is 7.21. The molecule has 1 atom stereocenters. The minimum Gasteiger partial charge on any atom is -0.397 e. The van der Waals surface area contributed by atoms with E-state index in [9.17, 15) is 4.79 Å². The van der Waals surface area contributed by atoms with E-state index in [0.29, 0.717) is 10.6 Å². The van der Waals surface area contributed by atoms with Gasteiger partial charge in [0.2, 0.25) is 0 Å². The van der Waals surface area contributed by atoms with E-state index >= 15 is 0 Å². The van der Waals surface area contributed by atoms with Gasteiger partial charge in [0, 0.05) is 36.9 Å². The molecule has 2 aromatic rings. The van der Waals surface area contributed by atoms with Gasteiger partial charge >= 0.3 is 0 Å². The number of thiophene rings is 1. The van der Waals surface area contributed by atoms with Gasteiger partial charge in [0.05, 0.1) is 10.4 Å². The van der Waals surface area contributed by atoms with Gasteiger partial charge in [0.15, 0.2) is 0 Å². The molecule has 5 nitrogen and oxygen atoms in total. The highest BCUT2D eigenvalue weighted by Gasteiger charge is 2.27. The number of amides is 1. The van der Waals surface area contributed by atoms with Gasteiger partial charge in [-0.3, -0.25) is 9.78 Å². The third-order valence-electron chi connectivity index (χ3n) is 4.03. The van der Waals surface area contributed by atoms with E-state index in [1.54, 1.807) is 12.4 Å². The summed E-state index contributed by atoms with van der Waals surface area (Å²) in [6.07, 6.45) is 4.48. The number of hydrogen-bond acceptors (Lipinski definition) is 5. The van der Waals surface area contributed by atoms with Crippen molar-refractivity contribution < 1.29 is 4.79 Å². The van der Waals surface area contributed by atoms with Crippen LogP contribution in [-0.4, -0.2) is 53.4 Å². The summed E-state index contributed by atoms with van der Waals surface area (Å²) in [5.41, 5.74) is 6.77. The van der Waals surface area contributed by atoms with Crippen molar-refractivity contribution in [3.05, 3.63) is 23.3 Å². The zero-order valence-corrected chi connectivity index (χ0v) is 13.2. The lowest BCUT2D eigenvalue weighted by Crippen LogP contribution is -2.41. The number of aromatic nitrogens is 1. The van der Waals surface area contributed by atoms with Crippen LogP contribution in [0.3, 0.4) is 0 Å². The molecule has 1 aliphatic rings. The molecule has 3 heterocycles. The first-order valence-electron chi connectivity index (χ1n) is 7.19. The van der Waals surface area contributed by atoms with Crippen LogP contribution in [-0.2, 0) is 0 Å². The Balaban J connectivity index is 1.94. The van der Waals surface area contributed by atoms with E-state index in [1.807, 2.05) is 11.0 Å². The molecule has 2 aromatic heterocycles. The monoisotopic (exact) mass is 304 g/mol. The zero-order chi connectivity index (χ0) is 15.0. The minimum absolute atomic E-state index is 0.0523. The average Bonchev–Trinajstić information content (AvgIpc) is 2.70. The Bertz CT molecular complexity index is 669. The molecular weight excluding hydrogens is 284 g/mol. The first kappa shape index (κ1) is 14.3. The number of hydrogen-bond donors (Lipinski definition) is 1. The highest BCUT2D eigenvalue weighted by Crippen LogP contribution is 2.34. The molecule has 1 fully saturated rings. The summed E-state index contributed by atoms with van der Waals surface area (Å²) in [5, 5.41) is 0.929. The maximum Gasteiger partial charge on any atom is 0.266 e. The van der Waals surface area contributed by atoms with Gasteiger partial charge in [0.25, 0.3) is 5.91 Å². The van der Waals surface area contributed by atoms with Gasteiger partial charge in [0.1, 0.15) is 4.88 Å². The lowest BCUT2D eigenvalue weighted by atomic mass is 10.2. The van der Waals surface area contributed by atoms with Crippen molar-refractivity contribution in [2.75, 3.05) is 32.4 Å². The molecule has 1 amide bonds. The zero-order valence-electron chi connectivity index (χ0n) is 12.4. The van der Waals surface area contributed by atoms with Crippen molar-refractivity contribution in [2.45, 2.75) is 19.4 Å². The second-order valence-electron chi connectivity index (χ2n) is 5.68. The summed E-state index contributed by atoms with van der Waals surface area (Å²) >= 11 is 1.44. The standard InChI is InChI=1S/C15H20N4OS/c1-10-9-18(2)6-3-7-19(10)15(20)14-13(16)11-4-5-17-8-12(11)21-14/h4-5,8,10H,3,6-7,9,16H2,1-2H3. The molecule has 0 saturated carbocycles. The maximum absolute atomic E-state index is 12.9. The van der Waals surface area contributed by atoms with Crippen molar-refractivity contribution in [1.82, 2.24) is 14.8 Å². The predicted molar refractivity (Wildman–Crippen MR) is 86.6 cm³/mol. The van der Waals surface area contributed by atoms with Crippen LogP contribution in [0.1, 0.15) is 23.0 Å². The Morgan fingerprint density at radius 3 is 3.05 bits per heavy atom. The number of carbonyl (C=O) groups excluding carboxylic acids is 1. The molecule has 112 valence electrons. The van der Waals surface area contributed by atoms with Crippen LogP contribution in [0.2, 0.25) is 0 Å². The van der Waals surface area contributed by atoms with E-state index in [0.717, 1.165) is 36.1 Å². The predicted octanol–water partition coefficient (Wildman–Crippen LogP) is 2.04. The fourth-order valence-electron chi connectivity index (χ4n) is 2.93. The molecule has 21 heavy (non-hydrogen) atoms. The largest absolute Gasteiger partial charge is 0.397 e. The number of rotatable bonds is 1. The van der Waals surface area contributed by atoms with Gasteiger partial charge in [-0.05, 0) is 33.0 Å². The van der Waals surface area contributed by atoms with Crippen LogP contribution in [0, 0.1) is 0 Å². The summed E-state index contributed by atoms with van der Waals surface area (Å²) in [4.78, 5) is 21.9. The van der Waals surface area contributed by atoms with Crippen LogP contribution in [0.4, 0.5) is 5.69 Å². The summed E-state index contributed by atoms with van der Waals surface area (Å²) in [6, 6.07) is 2.07. The van der Waals surface area contributed by atoms with E-state index in [1.165, 1.54) is 11.3 Å². The quantitative estimate of drug-likeness (QED) is 0.876. The molecule has 1 saturated heterocycles. The topological polar surface area (TPSA) is 62.5 Å². The highest BCUT2D eigenvalue weighted by atomic mass is 32.1. The first-order valence-corrected chi connectivity index (χ1v) is 8.01. The number of anilines is 1. The molecule has 1 unspecified atom stereocenters. The summed E-state index contributed by atoms with van der Waals surface area (Å²) in [5.74, 6) is 0.0523. The Morgan fingerprint density at radius 1 is 1.48 bits per heavy atom. The number of pyridine rings is 1. The Morgan fingerprint density at radius 2 is 2.29 bits per heavy atom. The minimum atomic E-state index is 0.0523. The fraction of sp³-hybridized carbons (Fsp3) is 0.467. The number of carbonyl (C=O) groups is 1. The molecule has 1 aliphatic heterocycles. The fourth-order valence-corrected chi connectivity index (χ4v) is 3.98. The lowest BCUT2D eigenvalue weighted by molar-refractivity contribution is 0.0702. The number of nitrogen functional groups attached to an aromatic ring is 1. The van der Waals surface area contributed by atoms with Crippen molar-refractivity contribution in [3.8, 4) is 0 Å². The average molecular weight is 304 g/mol. The van der Waals surface area contributed by atoms with Crippen molar-refractivity contribution >= 4 is 33.0 Å². The SMILES string of the molecule is CC1CN(C)CCCN1C(=O)c1sc2cnccc2c1N. The number of fused-ring (bicyclic) bond motifs is 1. The van der Waals surface area contributed by atoms with E-state index in [4.69, 9.17) is 5.73 Å². The Kier molecular flexibility index (Phi) is 3.82. The van der Waals surface area contributed by atoms with Crippen molar-refractivity contribution in [3.63, 3.8) is 0 Å². The summed E-state index contributed by atoms with van der Waals surface area (Å²) in [6.45, 7) is 4.82. The van der Waals surface area contributed by atoms with Crippen LogP contribution < -0.4 is 5.73 Å². The van der Waals surface area contributed by atoms with Gasteiger partial charge in [-0.1, -0.05) is 0 Å². The first-order chi connectivity index (χ1) is 10.1. The van der Waals surface area contributed by atoms with Gasteiger partial charge in [-0.25, -0.2) is 0 Å². The molecule has 6 heteroatoms. The normalized spacial score (nSPS) is 20.7. The van der Waals surface area contributed by atoms with E-state index < -0.39 is 0 Å². The van der Waals surface area contributed by atoms with Crippen LogP contribution in [0.25, 0.3) is 10.1 Å². The maximum atomic E-state index is 12.9. The molecule has 0 aromatic carbocycles. The number of nitrogens with two attached hydrogens (primary N) is 1. The molecule has 0 aliphatic carbocycles. The Labute approximate surface area is 128 Å². The lowest BCUT2D eigenvalue weighted by Gasteiger charge is -2.27. The van der Waals surface area contributed by atoms with Gasteiger partial charge in [-0.15, -0.1) is 11.3 Å². The molecule has 0 bridgehead atoms. The molecule has 3 rings (SSSR count). The van der Waals surface area contributed by atoms with E-state index in [2.05, 4.69) is 23.9 Å². The van der Waals surface area contributed by atoms with Crippen molar-refractivity contribution in [2.24, 2.45) is 0 Å². The smallest absolute Gasteiger partial charge is 0.266 e. The van der Waals surface area contributed by atoms with E-state index in [-0.39, 0.29) is 11.9 Å². The molecular formula is C15H20N4OS. The third-order valence-corrected chi connectivity index (χ3v) is 5.18. The number of likely N-dealkylation sites (N-methyl/N-ethyl adjacent to an activating group) is 1. The van der Waals surface area contributed by atoms with Crippen molar-refractivity contribution in [1.29, 1.82) is 0 Å². The summed E-state index contributed by atoms with van der Waals surface area (Å²) < 4.78 is 0.970. The van der Waals surface area contributed by atoms with Crippen LogP contribution in [0.5, 0.6) is 0 Å². The summed E-state index contributed by atoms with van der Waals surface area (Å²) in [7, 11) is 2.10. The number of nitrogens with zero attached hydrogens (tertiary/aromatic N) is 3. The molecule has 0 spiro atoms. The molecule has 2 N–H and O–H groups in total. The van der Waals surface area contributed by atoms with Crippen LogP contribution in [0.15, 0.2) is 18.5 Å². The Hall–Kier alpha value is -1.66. The second-order valence-corrected chi connectivity index (χ2v) is 6.73. The van der Waals surface area contributed by atoms with Gasteiger partial charge < -0.3 is 15.5 Å². The van der Waals surface area contributed by atoms with Gasteiger partial charge in [-0.2, -0.15) is 0 Å².